The molecule has 19 heavy (non-hydrogen) atoms. The van der Waals surface area contributed by atoms with Crippen molar-refractivity contribution in [2.75, 3.05) is 0 Å². The first-order valence-corrected chi connectivity index (χ1v) is 6.94. The van der Waals surface area contributed by atoms with Gasteiger partial charge in [0, 0.05) is 0 Å². The lowest BCUT2D eigenvalue weighted by Crippen LogP contribution is -2.34. The Hall–Kier alpha value is -1.13. The first kappa shape index (κ1) is 14.3. The second kappa shape index (κ2) is 5.89. The van der Waals surface area contributed by atoms with Crippen LogP contribution in [0.1, 0.15) is 44.1 Å². The smallest absolute Gasteiger partial charge is 0.490 e. The van der Waals surface area contributed by atoms with E-state index in [0.717, 1.165) is 31.7 Å². The molecule has 0 atom stereocenters. The molecule has 1 aliphatic carbocycles. The van der Waals surface area contributed by atoms with Gasteiger partial charge in [-0.3, -0.25) is 0 Å². The fourth-order valence-electron chi connectivity index (χ4n) is 2.55. The highest BCUT2D eigenvalue weighted by atomic mass is 19.4. The van der Waals surface area contributed by atoms with E-state index in [9.17, 15) is 12.9 Å². The second-order valence-corrected chi connectivity index (χ2v) is 5.33. The van der Waals surface area contributed by atoms with E-state index in [-0.39, 0.29) is 6.10 Å². The van der Waals surface area contributed by atoms with Crippen molar-refractivity contribution < 1.29 is 17.7 Å². The maximum atomic E-state index is 12.6. The predicted molar refractivity (Wildman–Crippen MR) is 72.0 cm³/mol. The molecule has 0 bridgehead atoms. The molecular formula is C14H19BF3O-. The van der Waals surface area contributed by atoms with Gasteiger partial charge >= 0.3 is 6.98 Å². The molecule has 0 spiro atoms. The molecule has 0 saturated heterocycles. The lowest BCUT2D eigenvalue weighted by Gasteiger charge is -2.21. The van der Waals surface area contributed by atoms with Crippen LogP contribution in [0.15, 0.2) is 18.2 Å². The van der Waals surface area contributed by atoms with E-state index >= 15 is 0 Å². The van der Waals surface area contributed by atoms with Gasteiger partial charge in [0.15, 0.2) is 0 Å². The van der Waals surface area contributed by atoms with E-state index in [1.54, 1.807) is 6.92 Å². The summed E-state index contributed by atoms with van der Waals surface area (Å²) in [5.41, 5.74) is 0.0201. The number of benzene rings is 1. The van der Waals surface area contributed by atoms with Crippen LogP contribution in [0, 0.1) is 6.92 Å². The fourth-order valence-corrected chi connectivity index (χ4v) is 2.55. The van der Waals surface area contributed by atoms with Crippen molar-refractivity contribution in [2.24, 2.45) is 0 Å². The Morgan fingerprint density at radius 1 is 1.05 bits per heavy atom. The van der Waals surface area contributed by atoms with Crippen molar-refractivity contribution in [1.29, 1.82) is 0 Å². The number of hydrogen-bond donors (Lipinski definition) is 0. The average molecular weight is 271 g/mol. The van der Waals surface area contributed by atoms with Crippen LogP contribution in [0.3, 0.4) is 0 Å². The van der Waals surface area contributed by atoms with Crippen LogP contribution in [0.2, 0.25) is 0 Å². The Labute approximate surface area is 112 Å². The van der Waals surface area contributed by atoms with Crippen molar-refractivity contribution in [3.05, 3.63) is 23.8 Å². The third-order valence-corrected chi connectivity index (χ3v) is 3.67. The first-order valence-electron chi connectivity index (χ1n) is 6.94. The number of rotatable bonds is 3. The van der Waals surface area contributed by atoms with Gasteiger partial charge in [-0.25, -0.2) is 0 Å². The summed E-state index contributed by atoms with van der Waals surface area (Å²) in [7, 11) is 0. The zero-order valence-electron chi connectivity index (χ0n) is 11.2. The lowest BCUT2D eigenvalue weighted by molar-refractivity contribution is 0.182. The Morgan fingerprint density at radius 3 is 2.21 bits per heavy atom. The quantitative estimate of drug-likeness (QED) is 0.592. The molecule has 0 aliphatic heterocycles. The largest absolute Gasteiger partial charge is 0.509 e. The summed E-state index contributed by atoms with van der Waals surface area (Å²) in [6.45, 7) is -3.25. The molecule has 0 heterocycles. The molecule has 1 aromatic rings. The van der Waals surface area contributed by atoms with Crippen LogP contribution in [-0.4, -0.2) is 13.1 Å². The zero-order chi connectivity index (χ0) is 13.9. The normalized spacial score (nSPS) is 18.1. The van der Waals surface area contributed by atoms with Crippen molar-refractivity contribution in [1.82, 2.24) is 0 Å². The highest BCUT2D eigenvalue weighted by molar-refractivity contribution is 6.73. The van der Waals surface area contributed by atoms with Crippen LogP contribution in [-0.2, 0) is 0 Å². The van der Waals surface area contributed by atoms with Crippen LogP contribution in [0.25, 0.3) is 0 Å². The van der Waals surface area contributed by atoms with Gasteiger partial charge in [-0.2, -0.15) is 0 Å². The minimum absolute atomic E-state index is 0.156. The van der Waals surface area contributed by atoms with Crippen molar-refractivity contribution in [3.63, 3.8) is 0 Å². The van der Waals surface area contributed by atoms with Gasteiger partial charge in [0.05, 0.1) is 6.10 Å². The van der Waals surface area contributed by atoms with Gasteiger partial charge < -0.3 is 17.7 Å². The van der Waals surface area contributed by atoms with E-state index in [4.69, 9.17) is 4.74 Å². The molecule has 0 radical (unpaired) electrons. The van der Waals surface area contributed by atoms with Gasteiger partial charge in [0.2, 0.25) is 0 Å². The van der Waals surface area contributed by atoms with Crippen molar-refractivity contribution in [2.45, 2.75) is 51.6 Å². The van der Waals surface area contributed by atoms with E-state index in [1.165, 1.54) is 25.0 Å². The molecular weight excluding hydrogens is 252 g/mol. The summed E-state index contributed by atoms with van der Waals surface area (Å²) < 4.78 is 43.8. The Morgan fingerprint density at radius 2 is 1.68 bits per heavy atom. The summed E-state index contributed by atoms with van der Waals surface area (Å²) in [5, 5.41) is 0. The molecule has 1 nitrogen and oxygen atoms in total. The van der Waals surface area contributed by atoms with Crippen LogP contribution < -0.4 is 10.2 Å². The molecule has 0 aromatic heterocycles. The number of halogens is 3. The van der Waals surface area contributed by atoms with Gasteiger partial charge in [0.25, 0.3) is 0 Å². The third kappa shape index (κ3) is 3.92. The lowest BCUT2D eigenvalue weighted by atomic mass is 9.79. The maximum Gasteiger partial charge on any atom is 0.509 e. The molecule has 2 rings (SSSR count). The number of hydrogen-bond acceptors (Lipinski definition) is 1. The number of aryl methyl sites for hydroxylation is 1. The predicted octanol–water partition coefficient (Wildman–Crippen LogP) is 4.15. The summed E-state index contributed by atoms with van der Waals surface area (Å²) in [5.74, 6) is 0.593. The molecule has 5 heteroatoms. The summed E-state index contributed by atoms with van der Waals surface area (Å²) >= 11 is 0. The summed E-state index contributed by atoms with van der Waals surface area (Å²) in [6.07, 6.45) is 6.92. The van der Waals surface area contributed by atoms with Crippen LogP contribution in [0.5, 0.6) is 5.75 Å². The third-order valence-electron chi connectivity index (χ3n) is 3.67. The highest BCUT2D eigenvalue weighted by Crippen LogP contribution is 2.25. The minimum atomic E-state index is -4.92. The first-order chi connectivity index (χ1) is 8.97. The molecule has 1 saturated carbocycles. The van der Waals surface area contributed by atoms with Gasteiger partial charge in [-0.15, -0.1) is 5.46 Å². The highest BCUT2D eigenvalue weighted by Gasteiger charge is 2.26. The molecule has 106 valence electrons. The van der Waals surface area contributed by atoms with Gasteiger partial charge in [-0.05, 0) is 44.2 Å². The Bertz CT molecular complexity index is 423. The standard InChI is InChI=1S/C14H19BF3O/c1-11-10-12(15(16,17)18)8-9-14(11)19-13-6-4-2-3-5-7-13/h8-10,13H,2-7H2,1H3/q-1. The second-order valence-electron chi connectivity index (χ2n) is 5.33. The van der Waals surface area contributed by atoms with Crippen molar-refractivity contribution in [3.8, 4) is 5.75 Å². The van der Waals surface area contributed by atoms with Crippen LogP contribution in [0.4, 0.5) is 12.9 Å². The SMILES string of the molecule is Cc1cc([B-](F)(F)F)ccc1OC1CCCCCC1. The summed E-state index contributed by atoms with van der Waals surface area (Å²) in [4.78, 5) is 0. The van der Waals surface area contributed by atoms with Gasteiger partial charge in [-0.1, -0.05) is 25.0 Å². The minimum Gasteiger partial charge on any atom is -0.490 e. The van der Waals surface area contributed by atoms with Crippen LogP contribution >= 0.6 is 0 Å². The molecule has 0 N–H and O–H groups in total. The average Bonchev–Trinajstić information content (AvgIpc) is 2.59. The van der Waals surface area contributed by atoms with E-state index in [2.05, 4.69) is 0 Å². The summed E-state index contributed by atoms with van der Waals surface area (Å²) in [6, 6.07) is 3.77. The molecule has 1 fully saturated rings. The zero-order valence-corrected chi connectivity index (χ0v) is 11.2. The molecule has 0 amide bonds. The topological polar surface area (TPSA) is 9.23 Å². The van der Waals surface area contributed by atoms with Gasteiger partial charge in [0.1, 0.15) is 5.75 Å². The van der Waals surface area contributed by atoms with E-state index in [1.807, 2.05) is 0 Å². The Kier molecular flexibility index (Phi) is 4.43. The van der Waals surface area contributed by atoms with E-state index in [0.29, 0.717) is 11.3 Å². The molecule has 1 aliphatic rings. The van der Waals surface area contributed by atoms with E-state index < -0.39 is 12.4 Å². The van der Waals surface area contributed by atoms with Crippen molar-refractivity contribution >= 4 is 12.4 Å². The molecule has 0 unspecified atom stereocenters. The Balaban J connectivity index is 2.08. The monoisotopic (exact) mass is 271 g/mol. The molecule has 1 aromatic carbocycles. The number of ether oxygens (including phenoxy) is 1. The maximum absolute atomic E-state index is 12.6. The fraction of sp³-hybridized carbons (Fsp3) is 0.571.